The van der Waals surface area contributed by atoms with E-state index in [0.29, 0.717) is 23.7 Å². The van der Waals surface area contributed by atoms with Crippen molar-refractivity contribution >= 4 is 43.8 Å². The van der Waals surface area contributed by atoms with Crippen LogP contribution in [-0.2, 0) is 17.4 Å². The molecule has 8 rings (SSSR count). The molecule has 0 bridgehead atoms. The van der Waals surface area contributed by atoms with Crippen LogP contribution in [0.1, 0.15) is 176 Å². The molecule has 4 aromatic rings. The average molecular weight is 993 g/mol. The molecule has 0 aliphatic heterocycles. The molecule has 4 aromatic carbocycles. The number of rotatable bonds is 14. The van der Waals surface area contributed by atoms with Crippen LogP contribution in [0.5, 0.6) is 0 Å². The van der Waals surface area contributed by atoms with E-state index in [1.165, 1.54) is 131 Å². The van der Waals surface area contributed by atoms with Crippen molar-refractivity contribution < 1.29 is 30.6 Å². The maximum absolute atomic E-state index is 15.1. The Morgan fingerprint density at radius 1 is 0.587 bits per heavy atom. The van der Waals surface area contributed by atoms with E-state index in [0.717, 1.165) is 25.7 Å². The molecular formula is C56H73Cl2F3SiZr. The zero-order chi connectivity index (χ0) is 43.0. The van der Waals surface area contributed by atoms with Gasteiger partial charge < -0.3 is 0 Å². The van der Waals surface area contributed by atoms with Gasteiger partial charge in [-0.3, -0.25) is 0 Å². The molecule has 0 nitrogen and oxygen atoms in total. The van der Waals surface area contributed by atoms with Gasteiger partial charge in [-0.15, -0.1) is 24.8 Å². The van der Waals surface area contributed by atoms with E-state index in [1.807, 2.05) is 0 Å². The quantitative estimate of drug-likeness (QED) is 0.110. The third-order valence-corrected chi connectivity index (χ3v) is 39.4. The van der Waals surface area contributed by atoms with Crippen LogP contribution in [0.4, 0.5) is 13.2 Å². The van der Waals surface area contributed by atoms with Crippen molar-refractivity contribution in [1.29, 1.82) is 0 Å². The first-order valence-corrected chi connectivity index (χ1v) is 37.2. The first kappa shape index (κ1) is 50.2. The number of halogens is 5. The van der Waals surface area contributed by atoms with Crippen molar-refractivity contribution in [3.8, 4) is 22.3 Å². The van der Waals surface area contributed by atoms with Gasteiger partial charge in [-0.2, -0.15) is 0 Å². The molecule has 340 valence electrons. The minimum absolute atomic E-state index is 0. The van der Waals surface area contributed by atoms with Gasteiger partial charge in [0.15, 0.2) is 0 Å². The first-order valence-electron chi connectivity index (χ1n) is 24.3. The molecule has 4 atom stereocenters. The Balaban J connectivity index is 0.00000330. The monoisotopic (exact) mass is 990 g/mol. The van der Waals surface area contributed by atoms with Crippen LogP contribution < -0.4 is 0 Å². The zero-order valence-electron chi connectivity index (χ0n) is 38.7. The van der Waals surface area contributed by atoms with E-state index in [2.05, 4.69) is 136 Å². The van der Waals surface area contributed by atoms with Gasteiger partial charge in [0.05, 0.1) is 0 Å². The van der Waals surface area contributed by atoms with Gasteiger partial charge in [0.2, 0.25) is 0 Å². The summed E-state index contributed by atoms with van der Waals surface area (Å²) in [6.07, 6.45) is 16.9. The smallest absolute Gasteiger partial charge is 0.147 e. The van der Waals surface area contributed by atoms with E-state index in [4.69, 9.17) is 0 Å². The molecule has 0 aromatic heterocycles. The fourth-order valence-corrected chi connectivity index (χ4v) is 36.4. The molecule has 2 fully saturated rings. The van der Waals surface area contributed by atoms with Crippen molar-refractivity contribution in [3.63, 3.8) is 0 Å². The summed E-state index contributed by atoms with van der Waals surface area (Å²) in [5.74, 6) is 2.19. The number of allylic oxidation sites excluding steroid dienone is 2. The van der Waals surface area contributed by atoms with Crippen LogP contribution in [0.3, 0.4) is 0 Å². The second-order valence-corrected chi connectivity index (χ2v) is 49.2. The van der Waals surface area contributed by atoms with Crippen LogP contribution in [0.2, 0.25) is 8.76 Å². The second kappa shape index (κ2) is 20.8. The summed E-state index contributed by atoms with van der Waals surface area (Å²) in [5.41, 5.74) is 15.7. The summed E-state index contributed by atoms with van der Waals surface area (Å²) >= 11 is -4.83. The Bertz CT molecular complexity index is 2160. The zero-order valence-corrected chi connectivity index (χ0v) is 44.2. The fourth-order valence-electron chi connectivity index (χ4n) is 12.7. The Labute approximate surface area is 393 Å². The normalized spacial score (nSPS) is 20.5. The van der Waals surface area contributed by atoms with Gasteiger partial charge in [0.1, 0.15) is 0 Å². The Kier molecular flexibility index (Phi) is 16.6. The van der Waals surface area contributed by atoms with Crippen LogP contribution in [0, 0.1) is 11.8 Å². The molecule has 0 radical (unpaired) electrons. The molecule has 4 aliphatic carbocycles. The van der Waals surface area contributed by atoms with Crippen molar-refractivity contribution in [2.45, 2.75) is 158 Å². The van der Waals surface area contributed by atoms with Gasteiger partial charge in [-0.05, 0) is 0 Å². The fraction of sp³-hybridized carbons (Fsp3) is 0.500. The van der Waals surface area contributed by atoms with Crippen molar-refractivity contribution in [2.75, 3.05) is 0 Å². The average Bonchev–Trinajstić information content (AvgIpc) is 3.85. The van der Waals surface area contributed by atoms with E-state index in [1.54, 1.807) is 0 Å². The molecule has 0 heterocycles. The van der Waals surface area contributed by atoms with Crippen molar-refractivity contribution in [1.82, 2.24) is 0 Å². The van der Waals surface area contributed by atoms with Gasteiger partial charge in [-0.1, -0.05) is 0 Å². The third-order valence-electron chi connectivity index (χ3n) is 16.5. The Hall–Kier alpha value is -2.17. The van der Waals surface area contributed by atoms with Crippen LogP contribution >= 0.6 is 24.8 Å². The summed E-state index contributed by atoms with van der Waals surface area (Å²) in [7, 11) is 0. The van der Waals surface area contributed by atoms with E-state index >= 15 is 13.2 Å². The topological polar surface area (TPSA) is 0 Å². The van der Waals surface area contributed by atoms with Gasteiger partial charge >= 0.3 is 371 Å². The molecule has 7 heteroatoms. The number of alkyl halides is 3. The predicted molar refractivity (Wildman–Crippen MR) is 269 cm³/mol. The molecule has 4 unspecified atom stereocenters. The Morgan fingerprint density at radius 2 is 0.968 bits per heavy atom. The minimum atomic E-state index is -4.83. The first-order chi connectivity index (χ1) is 29.3. The van der Waals surface area contributed by atoms with Gasteiger partial charge in [-0.25, -0.2) is 0 Å². The molecule has 0 N–H and O–H groups in total. The molecule has 2 saturated carbocycles. The standard InChI is InChI=1S/2C26H31.C3H4F3.CH3.2ClH.H2Si.Zr/c2*1-3-19(2)22-12-14-23(15-13-22)25-11-7-10-24-17-21(18-26(24)25)16-20-8-5-4-6-9-20;1-2-3(4,5)6;;;;;/h2*7,10-15,17-20H,3-6,8-9,16H2,1-2H3;1-2H2;1H3;2*1H;1H2;. The van der Waals surface area contributed by atoms with Crippen LogP contribution in [-0.4, -0.2) is 13.1 Å². The molecular weight excluding hydrogens is 920 g/mol. The predicted octanol–water partition coefficient (Wildman–Crippen LogP) is 18.1. The van der Waals surface area contributed by atoms with E-state index in [9.17, 15) is 0 Å². The Morgan fingerprint density at radius 3 is 1.32 bits per heavy atom. The maximum atomic E-state index is 15.1. The van der Waals surface area contributed by atoms with Crippen LogP contribution in [0.25, 0.3) is 34.4 Å². The largest absolute Gasteiger partial charge is 0.147 e. The van der Waals surface area contributed by atoms with E-state index < -0.39 is 30.0 Å². The number of benzene rings is 4. The summed E-state index contributed by atoms with van der Waals surface area (Å²) in [5, 5.41) is 0. The van der Waals surface area contributed by atoms with Crippen molar-refractivity contribution in [3.05, 3.63) is 129 Å². The van der Waals surface area contributed by atoms with Crippen molar-refractivity contribution in [2.24, 2.45) is 11.8 Å². The molecule has 4 aliphatic rings. The molecule has 63 heavy (non-hydrogen) atoms. The summed E-state index contributed by atoms with van der Waals surface area (Å²) in [6, 6.07) is 32.1. The third kappa shape index (κ3) is 10.5. The van der Waals surface area contributed by atoms with Crippen LogP contribution in [0.15, 0.2) is 96.1 Å². The van der Waals surface area contributed by atoms with Gasteiger partial charge in [0.25, 0.3) is 0 Å². The number of hydrogen-bond donors (Lipinski definition) is 0. The molecule has 0 spiro atoms. The molecule has 0 amide bonds. The summed E-state index contributed by atoms with van der Waals surface area (Å²) < 4.78 is 48.1. The maximum Gasteiger partial charge on any atom is -0.147 e. The van der Waals surface area contributed by atoms with Gasteiger partial charge in [0, 0.05) is 0 Å². The molecule has 0 saturated heterocycles. The van der Waals surface area contributed by atoms with E-state index in [-0.39, 0.29) is 36.2 Å². The summed E-state index contributed by atoms with van der Waals surface area (Å²) in [4.78, 5) is 0. The minimum Gasteiger partial charge on any atom is -0.147 e. The SMILES string of the molecule is CCC(C)c1ccc(-c2cccc3c2C=C(CC2CCCCC2)[CH]3[Zr]([CH3])(=[SiH2])([CH2]CC(F)(F)F)[CH]2C(CC3CCCCC3)=Cc3c(-c4ccc(C(C)CC)cc4)cccc32)cc1.Cl.Cl. The number of hydrogen-bond acceptors (Lipinski definition) is 0. The number of fused-ring (bicyclic) bond motifs is 2. The summed E-state index contributed by atoms with van der Waals surface area (Å²) in [6.45, 7) is 11.2. The second-order valence-electron chi connectivity index (χ2n) is 20.8.